The van der Waals surface area contributed by atoms with Gasteiger partial charge < -0.3 is 10.2 Å². The van der Waals surface area contributed by atoms with E-state index in [1.54, 1.807) is 6.20 Å². The van der Waals surface area contributed by atoms with Crippen molar-refractivity contribution in [1.29, 1.82) is 0 Å². The zero-order valence-electron chi connectivity index (χ0n) is 16.0. The number of amides is 1. The molecule has 140 valence electrons. The molecule has 5 nitrogen and oxygen atoms in total. The van der Waals surface area contributed by atoms with Crippen molar-refractivity contribution in [3.05, 3.63) is 72.4 Å². The third-order valence-electron chi connectivity index (χ3n) is 4.72. The standard InChI is InChI=1S/C23H22N4O/c1-27(2)14-13-25-23(28)19-15-21(20-9-5-6-12-24-20)26-22-17-8-4-3-7-16(17)10-11-18(19)22/h3-12,15H,13-14H2,1-2H3,(H,25,28). The van der Waals surface area contributed by atoms with E-state index in [1.165, 1.54) is 0 Å². The number of fused-ring (bicyclic) bond motifs is 3. The number of benzene rings is 2. The van der Waals surface area contributed by atoms with Crippen molar-refractivity contribution >= 4 is 27.6 Å². The fraction of sp³-hybridized carbons (Fsp3) is 0.174. The summed E-state index contributed by atoms with van der Waals surface area (Å²) in [6.07, 6.45) is 1.74. The van der Waals surface area contributed by atoms with Gasteiger partial charge in [0.1, 0.15) is 0 Å². The van der Waals surface area contributed by atoms with Gasteiger partial charge in [-0.1, -0.05) is 42.5 Å². The number of rotatable bonds is 5. The van der Waals surface area contributed by atoms with Gasteiger partial charge in [-0.2, -0.15) is 0 Å². The van der Waals surface area contributed by atoms with Crippen LogP contribution in [0.1, 0.15) is 10.4 Å². The maximum Gasteiger partial charge on any atom is 0.252 e. The minimum absolute atomic E-state index is 0.0956. The lowest BCUT2D eigenvalue weighted by molar-refractivity contribution is 0.0952. The molecule has 2 heterocycles. The van der Waals surface area contributed by atoms with Crippen LogP contribution >= 0.6 is 0 Å². The fourth-order valence-corrected chi connectivity index (χ4v) is 3.28. The fourth-order valence-electron chi connectivity index (χ4n) is 3.28. The monoisotopic (exact) mass is 370 g/mol. The van der Waals surface area contributed by atoms with Crippen LogP contribution in [0.15, 0.2) is 66.9 Å². The number of hydrogen-bond donors (Lipinski definition) is 1. The van der Waals surface area contributed by atoms with Gasteiger partial charge in [-0.05, 0) is 37.7 Å². The molecule has 0 saturated carbocycles. The first-order valence-electron chi connectivity index (χ1n) is 9.30. The predicted molar refractivity (Wildman–Crippen MR) is 113 cm³/mol. The second-order valence-corrected chi connectivity index (χ2v) is 7.01. The molecule has 0 aliphatic rings. The number of aromatic nitrogens is 2. The van der Waals surface area contributed by atoms with Gasteiger partial charge in [0.05, 0.1) is 22.5 Å². The van der Waals surface area contributed by atoms with Gasteiger partial charge in [0.25, 0.3) is 5.91 Å². The molecule has 1 amide bonds. The molecule has 0 aliphatic heterocycles. The Morgan fingerprint density at radius 1 is 0.964 bits per heavy atom. The van der Waals surface area contributed by atoms with Crippen LogP contribution in [-0.4, -0.2) is 48.0 Å². The van der Waals surface area contributed by atoms with Crippen molar-refractivity contribution in [2.24, 2.45) is 0 Å². The van der Waals surface area contributed by atoms with Gasteiger partial charge in [-0.25, -0.2) is 4.98 Å². The van der Waals surface area contributed by atoms with Crippen LogP contribution in [0.5, 0.6) is 0 Å². The topological polar surface area (TPSA) is 58.1 Å². The molecule has 4 rings (SSSR count). The van der Waals surface area contributed by atoms with E-state index in [0.29, 0.717) is 17.8 Å². The molecule has 0 unspecified atom stereocenters. The normalized spacial score (nSPS) is 11.2. The van der Waals surface area contributed by atoms with E-state index in [1.807, 2.05) is 73.6 Å². The summed E-state index contributed by atoms with van der Waals surface area (Å²) in [5, 5.41) is 5.99. The molecule has 2 aromatic heterocycles. The summed E-state index contributed by atoms with van der Waals surface area (Å²) in [7, 11) is 3.97. The Labute approximate surface area is 164 Å². The van der Waals surface area contributed by atoms with Gasteiger partial charge in [-0.15, -0.1) is 0 Å². The Hall–Kier alpha value is -3.31. The largest absolute Gasteiger partial charge is 0.351 e. The third-order valence-corrected chi connectivity index (χ3v) is 4.72. The summed E-state index contributed by atoms with van der Waals surface area (Å²) in [4.78, 5) is 24.3. The summed E-state index contributed by atoms with van der Waals surface area (Å²) in [5.41, 5.74) is 2.89. The van der Waals surface area contributed by atoms with Crippen LogP contribution in [0.3, 0.4) is 0 Å². The molecule has 1 N–H and O–H groups in total. The number of nitrogens with one attached hydrogen (secondary N) is 1. The Morgan fingerprint density at radius 2 is 1.79 bits per heavy atom. The Kier molecular flexibility index (Phi) is 5.00. The molecule has 0 fully saturated rings. The number of nitrogens with zero attached hydrogens (tertiary/aromatic N) is 3. The first-order valence-corrected chi connectivity index (χ1v) is 9.30. The van der Waals surface area contributed by atoms with Gasteiger partial charge in [0.15, 0.2) is 0 Å². The molecule has 4 aromatic rings. The molecular weight excluding hydrogens is 348 g/mol. The third kappa shape index (κ3) is 3.57. The van der Waals surface area contributed by atoms with Crippen molar-refractivity contribution < 1.29 is 4.79 Å². The quantitative estimate of drug-likeness (QED) is 0.544. The van der Waals surface area contributed by atoms with Crippen LogP contribution in [-0.2, 0) is 0 Å². The maximum atomic E-state index is 13.0. The minimum atomic E-state index is -0.0956. The van der Waals surface area contributed by atoms with E-state index in [-0.39, 0.29) is 5.91 Å². The van der Waals surface area contributed by atoms with Crippen molar-refractivity contribution in [2.45, 2.75) is 0 Å². The van der Waals surface area contributed by atoms with Crippen LogP contribution in [0.2, 0.25) is 0 Å². The van der Waals surface area contributed by atoms with Gasteiger partial charge in [0, 0.05) is 30.1 Å². The van der Waals surface area contributed by atoms with Gasteiger partial charge in [0.2, 0.25) is 0 Å². The summed E-state index contributed by atoms with van der Waals surface area (Å²) < 4.78 is 0. The SMILES string of the molecule is CN(C)CCNC(=O)c1cc(-c2ccccn2)nc2c1ccc1ccccc12. The second-order valence-electron chi connectivity index (χ2n) is 7.01. The van der Waals surface area contributed by atoms with Crippen molar-refractivity contribution in [3.8, 4) is 11.4 Å². The average molecular weight is 370 g/mol. The number of likely N-dealkylation sites (N-methyl/N-ethyl adjacent to an activating group) is 1. The lowest BCUT2D eigenvalue weighted by Crippen LogP contribution is -2.31. The van der Waals surface area contributed by atoms with E-state index in [4.69, 9.17) is 4.98 Å². The number of carbonyl (C=O) groups excluding carboxylic acids is 1. The zero-order chi connectivity index (χ0) is 19.5. The van der Waals surface area contributed by atoms with Gasteiger partial charge >= 0.3 is 0 Å². The lowest BCUT2D eigenvalue weighted by atomic mass is 10.0. The molecule has 28 heavy (non-hydrogen) atoms. The van der Waals surface area contributed by atoms with Crippen molar-refractivity contribution in [2.75, 3.05) is 27.2 Å². The van der Waals surface area contributed by atoms with E-state index in [2.05, 4.69) is 16.4 Å². The molecule has 0 spiro atoms. The second kappa shape index (κ2) is 7.74. The number of carbonyl (C=O) groups is 1. The summed E-state index contributed by atoms with van der Waals surface area (Å²) >= 11 is 0. The maximum absolute atomic E-state index is 13.0. The average Bonchev–Trinajstić information content (AvgIpc) is 2.73. The predicted octanol–water partition coefficient (Wildman–Crippen LogP) is 3.74. The molecular formula is C23H22N4O. The Bertz CT molecular complexity index is 1140. The molecule has 2 aromatic carbocycles. The highest BCUT2D eigenvalue weighted by Crippen LogP contribution is 2.29. The van der Waals surface area contributed by atoms with Crippen LogP contribution in [0.4, 0.5) is 0 Å². The highest BCUT2D eigenvalue weighted by molar-refractivity contribution is 6.14. The van der Waals surface area contributed by atoms with E-state index >= 15 is 0 Å². The molecule has 0 atom stereocenters. The van der Waals surface area contributed by atoms with Gasteiger partial charge in [-0.3, -0.25) is 9.78 Å². The van der Waals surface area contributed by atoms with E-state index in [0.717, 1.165) is 33.9 Å². The van der Waals surface area contributed by atoms with Crippen LogP contribution in [0.25, 0.3) is 33.1 Å². The lowest BCUT2D eigenvalue weighted by Gasteiger charge is -2.13. The van der Waals surface area contributed by atoms with Crippen molar-refractivity contribution in [1.82, 2.24) is 20.2 Å². The highest BCUT2D eigenvalue weighted by Gasteiger charge is 2.16. The van der Waals surface area contributed by atoms with Crippen LogP contribution in [0, 0.1) is 0 Å². The smallest absolute Gasteiger partial charge is 0.252 e. The van der Waals surface area contributed by atoms with E-state index < -0.39 is 0 Å². The zero-order valence-corrected chi connectivity index (χ0v) is 16.0. The summed E-state index contributed by atoms with van der Waals surface area (Å²) in [5.74, 6) is -0.0956. The van der Waals surface area contributed by atoms with E-state index in [9.17, 15) is 4.79 Å². The van der Waals surface area contributed by atoms with Crippen molar-refractivity contribution in [3.63, 3.8) is 0 Å². The molecule has 0 aliphatic carbocycles. The first-order chi connectivity index (χ1) is 13.6. The number of hydrogen-bond acceptors (Lipinski definition) is 4. The molecule has 0 radical (unpaired) electrons. The Morgan fingerprint density at radius 3 is 2.57 bits per heavy atom. The molecule has 0 saturated heterocycles. The highest BCUT2D eigenvalue weighted by atomic mass is 16.1. The molecule has 0 bridgehead atoms. The number of pyridine rings is 2. The first kappa shape index (κ1) is 18.1. The minimum Gasteiger partial charge on any atom is -0.351 e. The Balaban J connectivity index is 1.89. The van der Waals surface area contributed by atoms with Crippen LogP contribution < -0.4 is 5.32 Å². The summed E-state index contributed by atoms with van der Waals surface area (Å²) in [6, 6.07) is 19.7. The molecule has 5 heteroatoms. The summed E-state index contributed by atoms with van der Waals surface area (Å²) in [6.45, 7) is 1.37.